The van der Waals surface area contributed by atoms with Gasteiger partial charge >= 0.3 is 6.09 Å². The Balaban J connectivity index is 2.04. The molecule has 0 aromatic heterocycles. The molecule has 0 aliphatic heterocycles. The summed E-state index contributed by atoms with van der Waals surface area (Å²) in [5, 5.41) is 15.4. The van der Waals surface area contributed by atoms with Crippen LogP contribution in [-0.4, -0.2) is 51.6 Å². The van der Waals surface area contributed by atoms with Gasteiger partial charge < -0.3 is 25.4 Å². The lowest BCUT2D eigenvalue weighted by atomic mass is 9.87. The number of ether oxygens (including phenoxy) is 1. The van der Waals surface area contributed by atoms with Gasteiger partial charge in [0, 0.05) is 24.1 Å². The Labute approximate surface area is 231 Å². The molecule has 8 heteroatoms. The maximum atomic E-state index is 14.4. The number of phenolic OH excluding ortho intramolecular Hbond substituents is 1. The summed E-state index contributed by atoms with van der Waals surface area (Å²) in [6.45, 7) is 8.97. The van der Waals surface area contributed by atoms with Gasteiger partial charge in [-0.1, -0.05) is 30.2 Å². The summed E-state index contributed by atoms with van der Waals surface area (Å²) in [4.78, 5) is 42.5. The quantitative estimate of drug-likeness (QED) is 0.413. The van der Waals surface area contributed by atoms with E-state index in [1.165, 1.54) is 12.1 Å². The van der Waals surface area contributed by atoms with Gasteiger partial charge in [0.05, 0.1) is 0 Å². The van der Waals surface area contributed by atoms with Crippen LogP contribution in [-0.2, 0) is 20.7 Å². The van der Waals surface area contributed by atoms with Crippen molar-refractivity contribution < 1.29 is 24.2 Å². The number of rotatable bonds is 9. The van der Waals surface area contributed by atoms with E-state index in [1.807, 2.05) is 13.8 Å². The summed E-state index contributed by atoms with van der Waals surface area (Å²) < 4.78 is 5.47. The molecule has 2 atom stereocenters. The van der Waals surface area contributed by atoms with Crippen molar-refractivity contribution in [1.82, 2.24) is 15.5 Å². The van der Waals surface area contributed by atoms with Gasteiger partial charge in [0.2, 0.25) is 11.8 Å². The van der Waals surface area contributed by atoms with Crippen molar-refractivity contribution in [3.8, 4) is 18.1 Å². The summed E-state index contributed by atoms with van der Waals surface area (Å²) >= 11 is 0. The lowest BCUT2D eigenvalue weighted by Gasteiger charge is -2.43. The molecule has 1 aliphatic rings. The number of nitrogens with one attached hydrogen (secondary N) is 2. The second kappa shape index (κ2) is 12.7. The molecular weight excluding hydrogens is 494 g/mol. The first-order chi connectivity index (χ1) is 18.4. The zero-order valence-electron chi connectivity index (χ0n) is 23.4. The zero-order valence-corrected chi connectivity index (χ0v) is 23.4. The molecule has 0 radical (unpaired) electrons. The van der Waals surface area contributed by atoms with Gasteiger partial charge in [-0.15, -0.1) is 6.42 Å². The molecule has 1 fully saturated rings. The van der Waals surface area contributed by atoms with Crippen molar-refractivity contribution in [3.63, 3.8) is 0 Å². The molecule has 3 amide bonds. The molecule has 8 nitrogen and oxygen atoms in total. The molecule has 0 spiro atoms. The van der Waals surface area contributed by atoms with Gasteiger partial charge in [0.15, 0.2) is 0 Å². The van der Waals surface area contributed by atoms with Crippen molar-refractivity contribution in [2.75, 3.05) is 0 Å². The average Bonchev–Trinajstić information content (AvgIpc) is 2.81. The van der Waals surface area contributed by atoms with E-state index in [1.54, 1.807) is 62.1 Å². The highest BCUT2D eigenvalue weighted by Gasteiger charge is 2.42. The standard InChI is InChI=1S/C31H39N3O5/c1-7-21-11-15-23(16-12-21)27(28(36)32-20(2)3)34(24-9-8-10-24)29(37)26(33-30(38)39-31(4,5)6)19-22-13-17-25(35)18-14-22/h1,11-18,20,24,26-27,35H,8-10,19H2,2-6H3,(H,32,36)(H,33,38). The molecule has 3 N–H and O–H groups in total. The van der Waals surface area contributed by atoms with Crippen LogP contribution in [0.5, 0.6) is 5.75 Å². The molecule has 1 aliphatic carbocycles. The normalized spacial score (nSPS) is 14.9. The van der Waals surface area contributed by atoms with E-state index in [9.17, 15) is 19.5 Å². The van der Waals surface area contributed by atoms with E-state index in [0.29, 0.717) is 11.1 Å². The Hall–Kier alpha value is -3.99. The van der Waals surface area contributed by atoms with E-state index in [0.717, 1.165) is 24.8 Å². The molecule has 208 valence electrons. The average molecular weight is 534 g/mol. The Kier molecular flexibility index (Phi) is 9.63. The summed E-state index contributed by atoms with van der Waals surface area (Å²) in [6.07, 6.45) is 7.39. The minimum absolute atomic E-state index is 0.0960. The lowest BCUT2D eigenvalue weighted by molar-refractivity contribution is -0.147. The minimum atomic E-state index is -1.01. The van der Waals surface area contributed by atoms with Crippen molar-refractivity contribution in [3.05, 3.63) is 65.2 Å². The first kappa shape index (κ1) is 29.6. The number of aromatic hydroxyl groups is 1. The van der Waals surface area contributed by atoms with Crippen LogP contribution in [0.4, 0.5) is 4.79 Å². The molecular formula is C31H39N3O5. The van der Waals surface area contributed by atoms with Crippen molar-refractivity contribution in [1.29, 1.82) is 0 Å². The van der Waals surface area contributed by atoms with E-state index in [4.69, 9.17) is 11.2 Å². The Bertz CT molecular complexity index is 1190. The first-order valence-corrected chi connectivity index (χ1v) is 13.3. The van der Waals surface area contributed by atoms with E-state index < -0.39 is 23.8 Å². The van der Waals surface area contributed by atoms with E-state index in [2.05, 4.69) is 16.6 Å². The van der Waals surface area contributed by atoms with Crippen LogP contribution in [0.3, 0.4) is 0 Å². The number of carbonyl (C=O) groups is 3. The fraction of sp³-hybridized carbons (Fsp3) is 0.452. The van der Waals surface area contributed by atoms with Crippen LogP contribution >= 0.6 is 0 Å². The molecule has 2 aromatic rings. The Morgan fingerprint density at radius 2 is 1.67 bits per heavy atom. The molecule has 0 bridgehead atoms. The molecule has 0 heterocycles. The summed E-state index contributed by atoms with van der Waals surface area (Å²) in [6, 6.07) is 11.3. The van der Waals surface area contributed by atoms with Gasteiger partial charge in [-0.25, -0.2) is 4.79 Å². The molecule has 0 saturated heterocycles. The molecule has 2 unspecified atom stereocenters. The third-order valence-corrected chi connectivity index (χ3v) is 6.44. The van der Waals surface area contributed by atoms with Crippen LogP contribution in [0.15, 0.2) is 48.5 Å². The van der Waals surface area contributed by atoms with Crippen LogP contribution in [0.1, 0.15) is 76.6 Å². The number of terminal acetylenes is 1. The highest BCUT2D eigenvalue weighted by molar-refractivity contribution is 5.92. The van der Waals surface area contributed by atoms with E-state index in [-0.39, 0.29) is 36.1 Å². The predicted octanol–water partition coefficient (Wildman–Crippen LogP) is 4.46. The number of alkyl carbamates (subject to hydrolysis) is 1. The zero-order chi connectivity index (χ0) is 28.7. The highest BCUT2D eigenvalue weighted by Crippen LogP contribution is 2.34. The highest BCUT2D eigenvalue weighted by atomic mass is 16.6. The number of hydrogen-bond acceptors (Lipinski definition) is 5. The molecule has 3 rings (SSSR count). The monoisotopic (exact) mass is 533 g/mol. The smallest absolute Gasteiger partial charge is 0.408 e. The number of nitrogens with zero attached hydrogens (tertiary/aromatic N) is 1. The number of amides is 3. The topological polar surface area (TPSA) is 108 Å². The predicted molar refractivity (Wildman–Crippen MR) is 150 cm³/mol. The number of phenols is 1. The summed E-state index contributed by atoms with van der Waals surface area (Å²) in [7, 11) is 0. The number of benzene rings is 2. The molecule has 1 saturated carbocycles. The number of carbonyl (C=O) groups excluding carboxylic acids is 3. The van der Waals surface area contributed by atoms with Crippen LogP contribution < -0.4 is 10.6 Å². The third kappa shape index (κ3) is 8.25. The van der Waals surface area contributed by atoms with Crippen LogP contribution in [0.2, 0.25) is 0 Å². The van der Waals surface area contributed by atoms with E-state index >= 15 is 0 Å². The Morgan fingerprint density at radius 1 is 1.05 bits per heavy atom. The van der Waals surface area contributed by atoms with Crippen LogP contribution in [0.25, 0.3) is 0 Å². The summed E-state index contributed by atoms with van der Waals surface area (Å²) in [5.41, 5.74) is 1.27. The maximum absolute atomic E-state index is 14.4. The fourth-order valence-electron chi connectivity index (χ4n) is 4.44. The minimum Gasteiger partial charge on any atom is -0.508 e. The largest absolute Gasteiger partial charge is 0.508 e. The SMILES string of the molecule is C#Cc1ccc(C(C(=O)NC(C)C)N(C(=O)C(Cc2ccc(O)cc2)NC(=O)OC(C)(C)C)C2CCC2)cc1. The fourth-order valence-corrected chi connectivity index (χ4v) is 4.44. The molecule has 39 heavy (non-hydrogen) atoms. The maximum Gasteiger partial charge on any atom is 0.408 e. The van der Waals surface area contributed by atoms with Gasteiger partial charge in [-0.2, -0.15) is 0 Å². The Morgan fingerprint density at radius 3 is 2.15 bits per heavy atom. The van der Waals surface area contributed by atoms with Gasteiger partial charge in [0.25, 0.3) is 0 Å². The van der Waals surface area contributed by atoms with Crippen molar-refractivity contribution in [2.45, 2.75) is 90.1 Å². The first-order valence-electron chi connectivity index (χ1n) is 13.3. The van der Waals surface area contributed by atoms with Gasteiger partial charge in [-0.3, -0.25) is 9.59 Å². The van der Waals surface area contributed by atoms with Crippen molar-refractivity contribution in [2.24, 2.45) is 0 Å². The molecule has 2 aromatic carbocycles. The third-order valence-electron chi connectivity index (χ3n) is 6.44. The van der Waals surface area contributed by atoms with Gasteiger partial charge in [-0.05, 0) is 89.3 Å². The lowest BCUT2D eigenvalue weighted by Crippen LogP contribution is -2.58. The second-order valence-corrected chi connectivity index (χ2v) is 11.2. The number of hydrogen-bond donors (Lipinski definition) is 3. The van der Waals surface area contributed by atoms with Crippen LogP contribution in [0, 0.1) is 12.3 Å². The van der Waals surface area contributed by atoms with Gasteiger partial charge in [0.1, 0.15) is 23.4 Å². The second-order valence-electron chi connectivity index (χ2n) is 11.2. The van der Waals surface area contributed by atoms with Crippen molar-refractivity contribution >= 4 is 17.9 Å². The summed E-state index contributed by atoms with van der Waals surface area (Å²) in [5.74, 6) is 1.99.